The van der Waals surface area contributed by atoms with Gasteiger partial charge in [0.15, 0.2) is 0 Å². The van der Waals surface area contributed by atoms with Gasteiger partial charge in [0.25, 0.3) is 0 Å². The number of carbonyl (C=O) groups is 1. The summed E-state index contributed by atoms with van der Waals surface area (Å²) in [4.78, 5) is 27.2. The Morgan fingerprint density at radius 2 is 1.96 bits per heavy atom. The van der Waals surface area contributed by atoms with Crippen molar-refractivity contribution in [3.05, 3.63) is 52.2 Å². The van der Waals surface area contributed by atoms with Gasteiger partial charge in [0.2, 0.25) is 5.91 Å². The number of aromatic nitrogens is 3. The number of carbonyl (C=O) groups excluding carboxylic acids is 1. The van der Waals surface area contributed by atoms with Gasteiger partial charge in [-0.2, -0.15) is 5.10 Å². The van der Waals surface area contributed by atoms with Crippen molar-refractivity contribution in [2.45, 2.75) is 57.9 Å². The summed E-state index contributed by atoms with van der Waals surface area (Å²) in [5.41, 5.74) is 0.888. The summed E-state index contributed by atoms with van der Waals surface area (Å²) in [5.74, 6) is 1.11. The molecule has 1 aromatic carbocycles. The van der Waals surface area contributed by atoms with Crippen LogP contribution in [0.2, 0.25) is 0 Å². The molecule has 1 aliphatic rings. The van der Waals surface area contributed by atoms with Crippen LogP contribution in [0.3, 0.4) is 0 Å². The van der Waals surface area contributed by atoms with Crippen LogP contribution < -0.4 is 5.69 Å². The Hall–Kier alpha value is -2.37. The summed E-state index contributed by atoms with van der Waals surface area (Å²) >= 11 is 0. The second kappa shape index (κ2) is 7.71. The van der Waals surface area contributed by atoms with Gasteiger partial charge in [0.05, 0.1) is 0 Å². The Kier molecular flexibility index (Phi) is 5.53. The monoisotopic (exact) mass is 370 g/mol. The topological polar surface area (TPSA) is 60.1 Å². The molecule has 1 amide bonds. The summed E-state index contributed by atoms with van der Waals surface area (Å²) in [7, 11) is 1.69. The van der Waals surface area contributed by atoms with Crippen LogP contribution in [-0.2, 0) is 23.8 Å². The van der Waals surface area contributed by atoms with E-state index in [0.717, 1.165) is 25.2 Å². The van der Waals surface area contributed by atoms with Gasteiger partial charge in [-0.15, -0.1) is 0 Å². The van der Waals surface area contributed by atoms with Crippen LogP contribution in [0.15, 0.2) is 35.1 Å². The number of piperidine rings is 1. The van der Waals surface area contributed by atoms with E-state index < -0.39 is 0 Å². The summed E-state index contributed by atoms with van der Waals surface area (Å²) < 4.78 is 3.13. The van der Waals surface area contributed by atoms with Crippen LogP contribution in [-0.4, -0.2) is 38.2 Å². The fourth-order valence-electron chi connectivity index (χ4n) is 4.02. The first-order valence-electron chi connectivity index (χ1n) is 9.80. The van der Waals surface area contributed by atoms with E-state index in [9.17, 15) is 9.59 Å². The van der Waals surface area contributed by atoms with Crippen molar-refractivity contribution in [2.24, 2.45) is 7.05 Å². The lowest BCUT2D eigenvalue weighted by Gasteiger charge is -2.35. The molecular weight excluding hydrogens is 340 g/mol. The minimum absolute atomic E-state index is 0.0823. The van der Waals surface area contributed by atoms with Gasteiger partial charge >= 0.3 is 5.69 Å². The SMILES string of the molecule is CCn1c([C@@H]2CCCN(C(=O)CC(C)(C)c3ccccc3)C2)nn(C)c1=O. The van der Waals surface area contributed by atoms with Crippen LogP contribution in [0.4, 0.5) is 0 Å². The van der Waals surface area contributed by atoms with E-state index in [-0.39, 0.29) is 22.9 Å². The third-order valence-corrected chi connectivity index (χ3v) is 5.64. The Morgan fingerprint density at radius 3 is 2.63 bits per heavy atom. The van der Waals surface area contributed by atoms with Gasteiger partial charge < -0.3 is 4.90 Å². The largest absolute Gasteiger partial charge is 0.345 e. The molecule has 0 bridgehead atoms. The smallest absolute Gasteiger partial charge is 0.342 e. The van der Waals surface area contributed by atoms with Gasteiger partial charge in [-0.3, -0.25) is 9.36 Å². The second-order valence-electron chi connectivity index (χ2n) is 8.11. The van der Waals surface area contributed by atoms with E-state index in [1.807, 2.05) is 30.0 Å². The standard InChI is InChI=1S/C21H30N4O2/c1-5-25-19(22-23(4)20(25)27)16-10-9-13-24(15-16)18(26)14-21(2,3)17-11-7-6-8-12-17/h6-8,11-12,16H,5,9-10,13-15H2,1-4H3/t16-/m1/s1. The maximum absolute atomic E-state index is 13.0. The van der Waals surface area contributed by atoms with E-state index >= 15 is 0 Å². The molecular formula is C21H30N4O2. The van der Waals surface area contributed by atoms with Crippen LogP contribution >= 0.6 is 0 Å². The van der Waals surface area contributed by atoms with Gasteiger partial charge in [0.1, 0.15) is 5.82 Å². The molecule has 0 aliphatic carbocycles. The average molecular weight is 370 g/mol. The lowest BCUT2D eigenvalue weighted by molar-refractivity contribution is -0.133. The summed E-state index contributed by atoms with van der Waals surface area (Å²) in [6.45, 7) is 8.22. The molecule has 3 rings (SSSR count). The van der Waals surface area contributed by atoms with Crippen molar-refractivity contribution in [2.75, 3.05) is 13.1 Å². The first kappa shape index (κ1) is 19.4. The Bertz CT molecular complexity index is 851. The molecule has 1 saturated heterocycles. The van der Waals surface area contributed by atoms with Crippen LogP contribution in [0.25, 0.3) is 0 Å². The Labute approximate surface area is 160 Å². The van der Waals surface area contributed by atoms with Gasteiger partial charge in [0, 0.05) is 39.0 Å². The van der Waals surface area contributed by atoms with E-state index in [4.69, 9.17) is 0 Å². The molecule has 1 aliphatic heterocycles. The number of hydrogen-bond donors (Lipinski definition) is 0. The van der Waals surface area contributed by atoms with Gasteiger partial charge in [-0.05, 0) is 30.7 Å². The molecule has 0 saturated carbocycles. The molecule has 2 heterocycles. The van der Waals surface area contributed by atoms with Crippen molar-refractivity contribution in [3.8, 4) is 0 Å². The highest BCUT2D eigenvalue weighted by Gasteiger charge is 2.32. The van der Waals surface area contributed by atoms with E-state index in [2.05, 4.69) is 31.1 Å². The fourth-order valence-corrected chi connectivity index (χ4v) is 4.02. The zero-order valence-electron chi connectivity index (χ0n) is 16.8. The molecule has 1 atom stereocenters. The van der Waals surface area contributed by atoms with Crippen LogP contribution in [0.1, 0.15) is 57.3 Å². The second-order valence-corrected chi connectivity index (χ2v) is 8.11. The molecule has 6 nitrogen and oxygen atoms in total. The van der Waals surface area contributed by atoms with Crippen molar-refractivity contribution in [1.29, 1.82) is 0 Å². The first-order chi connectivity index (χ1) is 12.8. The fraction of sp³-hybridized carbons (Fsp3) is 0.571. The lowest BCUT2D eigenvalue weighted by Crippen LogP contribution is -2.42. The molecule has 1 fully saturated rings. The normalized spacial score (nSPS) is 17.9. The maximum atomic E-state index is 13.0. The number of likely N-dealkylation sites (tertiary alicyclic amines) is 1. The number of rotatable bonds is 5. The van der Waals surface area contributed by atoms with E-state index in [1.54, 1.807) is 11.6 Å². The summed E-state index contributed by atoms with van der Waals surface area (Å²) in [5, 5.41) is 4.45. The molecule has 1 aromatic heterocycles. The van der Waals surface area contributed by atoms with Crippen molar-refractivity contribution >= 4 is 5.91 Å². The van der Waals surface area contributed by atoms with Gasteiger partial charge in [-0.1, -0.05) is 44.2 Å². The number of aryl methyl sites for hydroxylation is 1. The highest BCUT2D eigenvalue weighted by atomic mass is 16.2. The highest BCUT2D eigenvalue weighted by molar-refractivity contribution is 5.78. The molecule has 0 unspecified atom stereocenters. The van der Waals surface area contributed by atoms with Crippen molar-refractivity contribution < 1.29 is 4.79 Å². The molecule has 0 spiro atoms. The zero-order chi connectivity index (χ0) is 19.6. The Balaban J connectivity index is 1.74. The lowest BCUT2D eigenvalue weighted by atomic mass is 9.81. The Morgan fingerprint density at radius 1 is 1.26 bits per heavy atom. The number of hydrogen-bond acceptors (Lipinski definition) is 3. The average Bonchev–Trinajstić information content (AvgIpc) is 2.96. The number of nitrogens with zero attached hydrogens (tertiary/aromatic N) is 4. The molecule has 27 heavy (non-hydrogen) atoms. The summed E-state index contributed by atoms with van der Waals surface area (Å²) in [6.07, 6.45) is 2.38. The first-order valence-corrected chi connectivity index (χ1v) is 9.80. The molecule has 6 heteroatoms. The molecule has 0 radical (unpaired) electrons. The van der Waals surface area contributed by atoms with E-state index in [0.29, 0.717) is 19.5 Å². The number of benzene rings is 1. The zero-order valence-corrected chi connectivity index (χ0v) is 16.8. The maximum Gasteiger partial charge on any atom is 0.345 e. The minimum atomic E-state index is -0.207. The molecule has 146 valence electrons. The predicted molar refractivity (Wildman–Crippen MR) is 106 cm³/mol. The highest BCUT2D eigenvalue weighted by Crippen LogP contribution is 2.30. The van der Waals surface area contributed by atoms with Crippen LogP contribution in [0.5, 0.6) is 0 Å². The minimum Gasteiger partial charge on any atom is -0.342 e. The van der Waals surface area contributed by atoms with Crippen molar-refractivity contribution in [3.63, 3.8) is 0 Å². The molecule has 2 aromatic rings. The quantitative estimate of drug-likeness (QED) is 0.813. The third kappa shape index (κ3) is 3.99. The number of amides is 1. The predicted octanol–water partition coefficient (Wildman–Crippen LogP) is 2.68. The summed E-state index contributed by atoms with van der Waals surface area (Å²) in [6, 6.07) is 10.2. The van der Waals surface area contributed by atoms with Crippen molar-refractivity contribution in [1.82, 2.24) is 19.2 Å². The van der Waals surface area contributed by atoms with Crippen LogP contribution in [0, 0.1) is 0 Å². The third-order valence-electron chi connectivity index (χ3n) is 5.64. The van der Waals surface area contributed by atoms with Gasteiger partial charge in [-0.25, -0.2) is 9.48 Å². The van der Waals surface area contributed by atoms with E-state index in [1.165, 1.54) is 10.2 Å². The molecule has 0 N–H and O–H groups in total.